The maximum atomic E-state index is 11.9. The van der Waals surface area contributed by atoms with Gasteiger partial charge >= 0.3 is 5.97 Å². The van der Waals surface area contributed by atoms with Crippen LogP contribution in [-0.4, -0.2) is 53.1 Å². The normalized spacial score (nSPS) is 44.0. The molecule has 5 unspecified atom stereocenters. The minimum Gasteiger partial charge on any atom is -0.469 e. The Hall–Kier alpha value is -0.690. The lowest BCUT2D eigenvalue weighted by Crippen LogP contribution is -2.63. The lowest BCUT2D eigenvalue weighted by atomic mass is 9.41. The van der Waals surface area contributed by atoms with Crippen molar-refractivity contribution in [2.75, 3.05) is 34.9 Å². The Labute approximate surface area is 225 Å². The van der Waals surface area contributed by atoms with Crippen molar-refractivity contribution in [3.63, 3.8) is 0 Å². The lowest BCUT2D eigenvalue weighted by Gasteiger charge is -2.65. The van der Waals surface area contributed by atoms with Gasteiger partial charge in [0.2, 0.25) is 0 Å². The smallest absolute Gasteiger partial charge is 0.305 e. The van der Waals surface area contributed by atoms with Gasteiger partial charge in [0, 0.05) is 20.6 Å². The Balaban J connectivity index is 1.61. The van der Waals surface area contributed by atoms with Gasteiger partial charge < -0.3 is 23.7 Å². The van der Waals surface area contributed by atoms with Crippen molar-refractivity contribution in [3.8, 4) is 0 Å². The minimum atomic E-state index is -0.0783. The van der Waals surface area contributed by atoms with Gasteiger partial charge in [-0.2, -0.15) is 0 Å². The predicted molar refractivity (Wildman–Crippen MR) is 144 cm³/mol. The summed E-state index contributed by atoms with van der Waals surface area (Å²) in [5.41, 5.74) is 0.646. The molecule has 4 aliphatic carbocycles. The van der Waals surface area contributed by atoms with Gasteiger partial charge in [0.25, 0.3) is 0 Å². The summed E-state index contributed by atoms with van der Waals surface area (Å²) < 4.78 is 28.5. The van der Waals surface area contributed by atoms with E-state index in [1.54, 1.807) is 14.2 Å². The molecule has 11 atom stereocenters. The summed E-state index contributed by atoms with van der Waals surface area (Å²) in [7, 11) is 4.96. The third-order valence-electron chi connectivity index (χ3n) is 11.9. The fourth-order valence-electron chi connectivity index (χ4n) is 10.2. The van der Waals surface area contributed by atoms with Crippen molar-refractivity contribution in [2.45, 2.75) is 104 Å². The average molecular weight is 523 g/mol. The molecule has 37 heavy (non-hydrogen) atoms. The largest absolute Gasteiger partial charge is 0.469 e. The van der Waals surface area contributed by atoms with Crippen molar-refractivity contribution in [1.29, 1.82) is 0 Å². The average Bonchev–Trinajstić information content (AvgIpc) is 3.26. The molecule has 4 saturated carbocycles. The van der Waals surface area contributed by atoms with E-state index in [1.807, 2.05) is 0 Å². The molecule has 0 bridgehead atoms. The van der Waals surface area contributed by atoms with Crippen LogP contribution in [0.2, 0.25) is 0 Å². The molecule has 214 valence electrons. The van der Waals surface area contributed by atoms with E-state index in [0.717, 1.165) is 25.7 Å². The zero-order valence-corrected chi connectivity index (χ0v) is 24.6. The summed E-state index contributed by atoms with van der Waals surface area (Å²) in [6, 6.07) is 0. The zero-order chi connectivity index (χ0) is 26.8. The number of rotatable bonds is 11. The number of carbonyl (C=O) groups excluding carboxylic acids is 1. The molecule has 0 aromatic heterocycles. The summed E-state index contributed by atoms with van der Waals surface area (Å²) in [6.07, 6.45) is 11.8. The van der Waals surface area contributed by atoms with Crippen LogP contribution in [0.5, 0.6) is 0 Å². The van der Waals surface area contributed by atoms with Gasteiger partial charge in [-0.05, 0) is 104 Å². The molecular weight excluding hydrogens is 468 g/mol. The van der Waals surface area contributed by atoms with E-state index < -0.39 is 0 Å². The Kier molecular flexibility index (Phi) is 9.68. The first-order valence-corrected chi connectivity index (χ1v) is 15.0. The number of hydrogen-bond acceptors (Lipinski definition) is 6. The van der Waals surface area contributed by atoms with Gasteiger partial charge in [0.05, 0.1) is 19.3 Å². The topological polar surface area (TPSA) is 63.2 Å². The molecule has 0 saturated heterocycles. The quantitative estimate of drug-likeness (QED) is 0.229. The SMILES string of the molecule is CC[C@@H]1C2C[C@H](OCOC)CCC2(C)C2CC[C@@]3(C)C(CC[C@@H]3[C@H](C)CCC(=O)OC)C2[C@@H]1OCOC. The number of ether oxygens (including phenoxy) is 5. The fraction of sp³-hybridized carbons (Fsp3) is 0.968. The van der Waals surface area contributed by atoms with Crippen molar-refractivity contribution in [3.05, 3.63) is 0 Å². The van der Waals surface area contributed by atoms with Crippen LogP contribution < -0.4 is 0 Å². The van der Waals surface area contributed by atoms with Crippen LogP contribution in [0.4, 0.5) is 0 Å². The van der Waals surface area contributed by atoms with Crippen molar-refractivity contribution in [2.24, 2.45) is 52.3 Å². The maximum absolute atomic E-state index is 11.9. The Morgan fingerprint density at radius 3 is 2.24 bits per heavy atom. The minimum absolute atomic E-state index is 0.0783. The number of esters is 1. The van der Waals surface area contributed by atoms with E-state index in [9.17, 15) is 4.79 Å². The maximum Gasteiger partial charge on any atom is 0.305 e. The second-order valence-corrected chi connectivity index (χ2v) is 13.3. The molecule has 0 aliphatic heterocycles. The highest BCUT2D eigenvalue weighted by molar-refractivity contribution is 5.69. The van der Waals surface area contributed by atoms with E-state index in [-0.39, 0.29) is 18.2 Å². The first kappa shape index (κ1) is 29.3. The zero-order valence-electron chi connectivity index (χ0n) is 24.6. The fourth-order valence-corrected chi connectivity index (χ4v) is 10.2. The molecule has 0 amide bonds. The molecule has 0 aromatic carbocycles. The van der Waals surface area contributed by atoms with Gasteiger partial charge in [-0.3, -0.25) is 4.79 Å². The lowest BCUT2D eigenvalue weighted by molar-refractivity contribution is -0.239. The highest BCUT2D eigenvalue weighted by Gasteiger charge is 2.65. The Morgan fingerprint density at radius 2 is 1.57 bits per heavy atom. The second-order valence-electron chi connectivity index (χ2n) is 13.3. The predicted octanol–water partition coefficient (Wildman–Crippen LogP) is 6.46. The van der Waals surface area contributed by atoms with Crippen LogP contribution >= 0.6 is 0 Å². The van der Waals surface area contributed by atoms with E-state index in [4.69, 9.17) is 23.7 Å². The second kappa shape index (κ2) is 12.2. The molecule has 0 N–H and O–H groups in total. The molecule has 4 aliphatic rings. The van der Waals surface area contributed by atoms with Gasteiger partial charge in [0.1, 0.15) is 13.6 Å². The van der Waals surface area contributed by atoms with Gasteiger partial charge in [-0.15, -0.1) is 0 Å². The molecule has 4 rings (SSSR count). The summed E-state index contributed by atoms with van der Waals surface area (Å²) >= 11 is 0. The highest BCUT2D eigenvalue weighted by atomic mass is 16.7. The van der Waals surface area contributed by atoms with Gasteiger partial charge in [-0.1, -0.05) is 34.1 Å². The monoisotopic (exact) mass is 522 g/mol. The van der Waals surface area contributed by atoms with Gasteiger partial charge in [0.15, 0.2) is 0 Å². The van der Waals surface area contributed by atoms with Crippen LogP contribution in [0, 0.1) is 52.3 Å². The third kappa shape index (κ3) is 5.38. The van der Waals surface area contributed by atoms with E-state index in [0.29, 0.717) is 72.3 Å². The summed E-state index contributed by atoms with van der Waals surface area (Å²) in [4.78, 5) is 11.9. The number of fused-ring (bicyclic) bond motifs is 5. The first-order chi connectivity index (χ1) is 17.7. The van der Waals surface area contributed by atoms with Crippen LogP contribution in [0.1, 0.15) is 91.9 Å². The molecule has 0 spiro atoms. The summed E-state index contributed by atoms with van der Waals surface area (Å²) in [5.74, 6) is 4.19. The number of carbonyl (C=O) groups is 1. The van der Waals surface area contributed by atoms with Crippen LogP contribution in [0.3, 0.4) is 0 Å². The van der Waals surface area contributed by atoms with Gasteiger partial charge in [-0.25, -0.2) is 0 Å². The number of methoxy groups -OCH3 is 3. The number of hydrogen-bond donors (Lipinski definition) is 0. The summed E-state index contributed by atoms with van der Waals surface area (Å²) in [6.45, 7) is 10.7. The highest BCUT2D eigenvalue weighted by Crippen LogP contribution is 2.70. The Morgan fingerprint density at radius 1 is 0.892 bits per heavy atom. The van der Waals surface area contributed by atoms with Crippen molar-refractivity contribution in [1.82, 2.24) is 0 Å². The van der Waals surface area contributed by atoms with Crippen LogP contribution in [-0.2, 0) is 28.5 Å². The summed E-state index contributed by atoms with van der Waals surface area (Å²) in [5, 5.41) is 0. The van der Waals surface area contributed by atoms with Crippen LogP contribution in [0.25, 0.3) is 0 Å². The standard InChI is InChI=1S/C31H54O6/c1-8-22-26-17-21(36-18-33-5)13-15-31(26,4)25-14-16-30(3)23(20(2)9-12-27(32)35-7)10-11-24(30)28(25)29(22)37-19-34-6/h20-26,28-29H,8-19H2,1-7H3/t20-,21-,22-,23-,24?,25?,26?,28?,29-,30-,31?/m1/s1. The van der Waals surface area contributed by atoms with Crippen molar-refractivity contribution >= 4 is 5.97 Å². The molecule has 0 heterocycles. The molecule has 0 radical (unpaired) electrons. The molecule has 0 aromatic rings. The van der Waals surface area contributed by atoms with E-state index >= 15 is 0 Å². The molecule has 6 heteroatoms. The first-order valence-electron chi connectivity index (χ1n) is 15.0. The van der Waals surface area contributed by atoms with E-state index in [2.05, 4.69) is 27.7 Å². The Bertz CT molecular complexity index is 758. The third-order valence-corrected chi connectivity index (χ3v) is 11.9. The van der Waals surface area contributed by atoms with E-state index in [1.165, 1.54) is 39.2 Å². The van der Waals surface area contributed by atoms with Crippen molar-refractivity contribution < 1.29 is 28.5 Å². The van der Waals surface area contributed by atoms with Crippen LogP contribution in [0.15, 0.2) is 0 Å². The molecular formula is C31H54O6. The molecule has 6 nitrogen and oxygen atoms in total. The molecule has 4 fully saturated rings.